The minimum Gasteiger partial charge on any atom is -0.463 e. The SMILES string of the molecule is N[C@H](COC(=O)C1CCCCC1)c1ccccc1. The van der Waals surface area contributed by atoms with Gasteiger partial charge in [-0.15, -0.1) is 0 Å². The molecule has 0 amide bonds. The zero-order valence-electron chi connectivity index (χ0n) is 10.7. The lowest BCUT2D eigenvalue weighted by Gasteiger charge is -2.21. The summed E-state index contributed by atoms with van der Waals surface area (Å²) in [5.41, 5.74) is 7.00. The van der Waals surface area contributed by atoms with Crippen molar-refractivity contribution in [2.75, 3.05) is 6.61 Å². The first-order valence-corrected chi connectivity index (χ1v) is 6.74. The van der Waals surface area contributed by atoms with Crippen molar-refractivity contribution < 1.29 is 9.53 Å². The first-order chi connectivity index (χ1) is 8.77. The van der Waals surface area contributed by atoms with Crippen molar-refractivity contribution in [2.24, 2.45) is 11.7 Å². The van der Waals surface area contributed by atoms with Crippen LogP contribution in [-0.2, 0) is 9.53 Å². The van der Waals surface area contributed by atoms with Gasteiger partial charge in [0.2, 0.25) is 0 Å². The first-order valence-electron chi connectivity index (χ1n) is 6.74. The smallest absolute Gasteiger partial charge is 0.308 e. The van der Waals surface area contributed by atoms with Crippen LogP contribution in [0.1, 0.15) is 43.7 Å². The van der Waals surface area contributed by atoms with Crippen LogP contribution in [0.25, 0.3) is 0 Å². The largest absolute Gasteiger partial charge is 0.463 e. The molecule has 0 saturated heterocycles. The third-order valence-corrected chi connectivity index (χ3v) is 3.57. The number of ether oxygens (including phenoxy) is 1. The minimum atomic E-state index is -0.223. The highest BCUT2D eigenvalue weighted by Gasteiger charge is 2.23. The van der Waals surface area contributed by atoms with Crippen LogP contribution in [0.2, 0.25) is 0 Å². The van der Waals surface area contributed by atoms with E-state index in [0.29, 0.717) is 0 Å². The van der Waals surface area contributed by atoms with Crippen molar-refractivity contribution in [3.05, 3.63) is 35.9 Å². The number of hydrogen-bond acceptors (Lipinski definition) is 3. The van der Waals surface area contributed by atoms with Crippen LogP contribution in [0.4, 0.5) is 0 Å². The van der Waals surface area contributed by atoms with E-state index in [9.17, 15) is 4.79 Å². The third kappa shape index (κ3) is 3.57. The molecule has 2 rings (SSSR count). The number of nitrogens with two attached hydrogens (primary N) is 1. The van der Waals surface area contributed by atoms with Crippen LogP contribution < -0.4 is 5.73 Å². The van der Waals surface area contributed by atoms with Crippen molar-refractivity contribution in [1.29, 1.82) is 0 Å². The lowest BCUT2D eigenvalue weighted by atomic mass is 9.89. The van der Waals surface area contributed by atoms with Gasteiger partial charge < -0.3 is 10.5 Å². The van der Waals surface area contributed by atoms with E-state index in [2.05, 4.69) is 0 Å². The number of rotatable bonds is 4. The van der Waals surface area contributed by atoms with E-state index in [0.717, 1.165) is 31.2 Å². The van der Waals surface area contributed by atoms with Crippen LogP contribution in [-0.4, -0.2) is 12.6 Å². The van der Waals surface area contributed by atoms with E-state index in [-0.39, 0.29) is 24.5 Å². The van der Waals surface area contributed by atoms with Crippen molar-refractivity contribution >= 4 is 5.97 Å². The highest BCUT2D eigenvalue weighted by Crippen LogP contribution is 2.25. The average molecular weight is 247 g/mol. The van der Waals surface area contributed by atoms with Gasteiger partial charge >= 0.3 is 5.97 Å². The van der Waals surface area contributed by atoms with Gasteiger partial charge in [0.15, 0.2) is 0 Å². The molecule has 3 nitrogen and oxygen atoms in total. The molecule has 0 spiro atoms. The maximum absolute atomic E-state index is 11.9. The third-order valence-electron chi connectivity index (χ3n) is 3.57. The van der Waals surface area contributed by atoms with Crippen LogP contribution in [0.15, 0.2) is 30.3 Å². The summed E-state index contributed by atoms with van der Waals surface area (Å²) < 4.78 is 5.33. The van der Waals surface area contributed by atoms with Gasteiger partial charge in [-0.25, -0.2) is 0 Å². The Labute approximate surface area is 108 Å². The highest BCUT2D eigenvalue weighted by molar-refractivity contribution is 5.72. The Hall–Kier alpha value is -1.35. The second kappa shape index (κ2) is 6.55. The predicted octanol–water partition coefficient (Wildman–Crippen LogP) is 2.81. The molecule has 1 aromatic rings. The summed E-state index contributed by atoms with van der Waals surface area (Å²) in [6, 6.07) is 9.53. The zero-order chi connectivity index (χ0) is 12.8. The van der Waals surface area contributed by atoms with Crippen LogP contribution in [0.5, 0.6) is 0 Å². The lowest BCUT2D eigenvalue weighted by Crippen LogP contribution is -2.25. The minimum absolute atomic E-state index is 0.0684. The van der Waals surface area contributed by atoms with Gasteiger partial charge in [0.25, 0.3) is 0 Å². The summed E-state index contributed by atoms with van der Waals surface area (Å²) in [6.45, 7) is 0.277. The second-order valence-corrected chi connectivity index (χ2v) is 4.98. The molecule has 0 bridgehead atoms. The maximum Gasteiger partial charge on any atom is 0.308 e. The monoisotopic (exact) mass is 247 g/mol. The van der Waals surface area contributed by atoms with E-state index in [1.165, 1.54) is 6.42 Å². The number of carbonyl (C=O) groups excluding carboxylic acids is 1. The molecule has 0 aliphatic heterocycles. The van der Waals surface area contributed by atoms with Gasteiger partial charge in [-0.1, -0.05) is 49.6 Å². The van der Waals surface area contributed by atoms with Gasteiger partial charge in [0, 0.05) is 0 Å². The summed E-state index contributed by atoms with van der Waals surface area (Å²) in [7, 11) is 0. The fourth-order valence-corrected chi connectivity index (χ4v) is 2.42. The van der Waals surface area contributed by atoms with Gasteiger partial charge in [0.1, 0.15) is 6.61 Å². The summed E-state index contributed by atoms with van der Waals surface area (Å²) >= 11 is 0. The van der Waals surface area contributed by atoms with E-state index in [1.807, 2.05) is 30.3 Å². The number of esters is 1. The molecular weight excluding hydrogens is 226 g/mol. The van der Waals surface area contributed by atoms with E-state index in [1.54, 1.807) is 0 Å². The molecule has 2 N–H and O–H groups in total. The molecule has 1 aliphatic rings. The molecular formula is C15H21NO2. The molecule has 0 unspecified atom stereocenters. The predicted molar refractivity (Wildman–Crippen MR) is 70.9 cm³/mol. The Balaban J connectivity index is 1.78. The van der Waals surface area contributed by atoms with Crippen LogP contribution in [0, 0.1) is 5.92 Å². The molecule has 0 radical (unpaired) electrons. The van der Waals surface area contributed by atoms with Crippen LogP contribution >= 0.6 is 0 Å². The molecule has 18 heavy (non-hydrogen) atoms. The van der Waals surface area contributed by atoms with Crippen molar-refractivity contribution in [2.45, 2.75) is 38.1 Å². The summed E-state index contributed by atoms with van der Waals surface area (Å²) in [5.74, 6) is 0.0304. The molecule has 98 valence electrons. The summed E-state index contributed by atoms with van der Waals surface area (Å²) in [6.07, 6.45) is 5.47. The Kier molecular flexibility index (Phi) is 4.76. The van der Waals surface area contributed by atoms with Crippen LogP contribution in [0.3, 0.4) is 0 Å². The second-order valence-electron chi connectivity index (χ2n) is 4.98. The van der Waals surface area contributed by atoms with E-state index < -0.39 is 0 Å². The standard InChI is InChI=1S/C15H21NO2/c16-14(12-7-3-1-4-8-12)11-18-15(17)13-9-5-2-6-10-13/h1,3-4,7-8,13-14H,2,5-6,9-11,16H2/t14-/m1/s1. The molecule has 1 fully saturated rings. The number of hydrogen-bond donors (Lipinski definition) is 1. The zero-order valence-corrected chi connectivity index (χ0v) is 10.7. The fraction of sp³-hybridized carbons (Fsp3) is 0.533. The molecule has 3 heteroatoms. The molecule has 1 aliphatic carbocycles. The Morgan fingerprint density at radius 2 is 1.89 bits per heavy atom. The Morgan fingerprint density at radius 3 is 2.56 bits per heavy atom. The normalized spacial score (nSPS) is 18.3. The topological polar surface area (TPSA) is 52.3 Å². The van der Waals surface area contributed by atoms with Gasteiger partial charge in [0.05, 0.1) is 12.0 Å². The first kappa shape index (κ1) is 13.1. The van der Waals surface area contributed by atoms with Crippen molar-refractivity contribution in [3.8, 4) is 0 Å². The lowest BCUT2D eigenvalue weighted by molar-refractivity contribution is -0.150. The van der Waals surface area contributed by atoms with Crippen molar-refractivity contribution in [1.82, 2.24) is 0 Å². The molecule has 0 heterocycles. The van der Waals surface area contributed by atoms with Crippen molar-refractivity contribution in [3.63, 3.8) is 0 Å². The summed E-state index contributed by atoms with van der Waals surface area (Å²) in [4.78, 5) is 11.9. The fourth-order valence-electron chi connectivity index (χ4n) is 2.42. The maximum atomic E-state index is 11.9. The van der Waals surface area contributed by atoms with Gasteiger partial charge in [-0.3, -0.25) is 4.79 Å². The van der Waals surface area contributed by atoms with Gasteiger partial charge in [-0.05, 0) is 18.4 Å². The van der Waals surface area contributed by atoms with E-state index >= 15 is 0 Å². The Bertz CT molecular complexity index is 371. The average Bonchev–Trinajstić information content (AvgIpc) is 2.46. The van der Waals surface area contributed by atoms with E-state index in [4.69, 9.17) is 10.5 Å². The summed E-state index contributed by atoms with van der Waals surface area (Å²) in [5, 5.41) is 0. The van der Waals surface area contributed by atoms with Gasteiger partial charge in [-0.2, -0.15) is 0 Å². The number of carbonyl (C=O) groups is 1. The molecule has 1 atom stereocenters. The molecule has 1 saturated carbocycles. The quantitative estimate of drug-likeness (QED) is 0.832. The highest BCUT2D eigenvalue weighted by atomic mass is 16.5. The number of benzene rings is 1. The molecule has 0 aromatic heterocycles. The molecule has 1 aromatic carbocycles. The Morgan fingerprint density at radius 1 is 1.22 bits per heavy atom.